The van der Waals surface area contributed by atoms with Gasteiger partial charge in [0.25, 0.3) is 0 Å². The molecule has 0 atom stereocenters. The summed E-state index contributed by atoms with van der Waals surface area (Å²) < 4.78 is 11.6. The van der Waals surface area contributed by atoms with Crippen LogP contribution in [0.3, 0.4) is 0 Å². The van der Waals surface area contributed by atoms with Crippen molar-refractivity contribution in [1.82, 2.24) is 24.1 Å². The fraction of sp³-hybridized carbons (Fsp3) is 0. The van der Waals surface area contributed by atoms with Crippen LogP contribution in [0, 0.1) is 0 Å². The summed E-state index contributed by atoms with van der Waals surface area (Å²) in [7, 11) is 0. The van der Waals surface area contributed by atoms with Crippen LogP contribution in [0.25, 0.3) is 133 Å². The van der Waals surface area contributed by atoms with Crippen molar-refractivity contribution < 1.29 is 4.42 Å². The van der Waals surface area contributed by atoms with E-state index >= 15 is 0 Å². The van der Waals surface area contributed by atoms with Crippen LogP contribution in [-0.4, -0.2) is 24.1 Å². The number of benzene rings is 10. The molecule has 0 aliphatic heterocycles. The highest BCUT2D eigenvalue weighted by molar-refractivity contribution is 6.17. The third-order valence-corrected chi connectivity index (χ3v) is 13.1. The van der Waals surface area contributed by atoms with Crippen LogP contribution in [0.5, 0.6) is 0 Å². The Morgan fingerprint density at radius 3 is 1.72 bits per heavy atom. The van der Waals surface area contributed by atoms with E-state index in [9.17, 15) is 0 Å². The quantitative estimate of drug-likeness (QED) is 0.173. The largest absolute Gasteiger partial charge is 0.454 e. The molecule has 14 aromatic rings. The summed E-state index contributed by atoms with van der Waals surface area (Å²) in [5.74, 6) is 1.76. The first kappa shape index (κ1) is 35.7. The number of hydrogen-bond donors (Lipinski definition) is 0. The van der Waals surface area contributed by atoms with Crippen molar-refractivity contribution in [2.75, 3.05) is 0 Å². The van der Waals surface area contributed by atoms with E-state index in [-0.39, 0.29) is 0 Å². The predicted molar refractivity (Wildman–Crippen MR) is 267 cm³/mol. The topological polar surface area (TPSA) is 61.7 Å². The lowest BCUT2D eigenvalue weighted by Gasteiger charge is -2.14. The second-order valence-corrected chi connectivity index (χ2v) is 16.8. The number of fused-ring (bicyclic) bond motifs is 11. The van der Waals surface area contributed by atoms with E-state index in [1.165, 1.54) is 21.5 Å². The highest BCUT2D eigenvalue weighted by Crippen LogP contribution is 2.43. The first-order valence-corrected chi connectivity index (χ1v) is 21.9. The first-order valence-electron chi connectivity index (χ1n) is 21.9. The third-order valence-electron chi connectivity index (χ3n) is 13.1. The normalized spacial score (nSPS) is 12.0. The smallest absolute Gasteiger partial charge is 0.166 e. The summed E-state index contributed by atoms with van der Waals surface area (Å²) in [5.41, 5.74) is 10.6. The number of hydrogen-bond acceptors (Lipinski definition) is 4. The highest BCUT2D eigenvalue weighted by Gasteiger charge is 2.24. The zero-order valence-corrected chi connectivity index (χ0v) is 34.9. The van der Waals surface area contributed by atoms with Gasteiger partial charge in [0.15, 0.2) is 23.1 Å². The van der Waals surface area contributed by atoms with E-state index in [2.05, 4.69) is 209 Å². The van der Waals surface area contributed by atoms with Gasteiger partial charge in [0, 0.05) is 54.7 Å². The van der Waals surface area contributed by atoms with Crippen LogP contribution in [0.15, 0.2) is 217 Å². The Balaban J connectivity index is 1.10. The molecular formula is C59H35N5O. The molecule has 4 heterocycles. The van der Waals surface area contributed by atoms with Crippen molar-refractivity contribution in [3.8, 4) is 45.5 Å². The second-order valence-electron chi connectivity index (χ2n) is 16.8. The Kier molecular flexibility index (Phi) is 7.59. The zero-order valence-electron chi connectivity index (χ0n) is 34.9. The van der Waals surface area contributed by atoms with Crippen molar-refractivity contribution in [2.24, 2.45) is 0 Å². The first-order chi connectivity index (χ1) is 32.2. The molecule has 0 radical (unpaired) electrons. The van der Waals surface area contributed by atoms with Gasteiger partial charge in [-0.1, -0.05) is 152 Å². The standard InChI is InChI=1S/C59H35N5O/c1-2-20-40(21-3-1)63-50-29-11-8-23-42(50)45-26-15-28-47(55(45)63)59-61-57(60-58(62-59)46-27-14-19-36-16-6-7-22-41(36)46)39-33-49-44-25-10-13-31-54(44)65-56(49)53(35-39)64-51-30-12-9-24-43(51)48-32-37-17-4-5-18-38(37)34-52(48)64/h1-35H. The van der Waals surface area contributed by atoms with Gasteiger partial charge < -0.3 is 13.6 Å². The maximum Gasteiger partial charge on any atom is 0.166 e. The molecular weight excluding hydrogens is 795 g/mol. The molecule has 0 N–H and O–H groups in total. The number of para-hydroxylation sites is 5. The summed E-state index contributed by atoms with van der Waals surface area (Å²) in [6, 6.07) is 74.9. The summed E-state index contributed by atoms with van der Waals surface area (Å²) in [4.78, 5) is 16.4. The van der Waals surface area contributed by atoms with Gasteiger partial charge in [-0.2, -0.15) is 0 Å². The maximum absolute atomic E-state index is 6.87. The summed E-state index contributed by atoms with van der Waals surface area (Å²) in [6.07, 6.45) is 0. The maximum atomic E-state index is 6.87. The molecule has 0 amide bonds. The van der Waals surface area contributed by atoms with E-state index < -0.39 is 0 Å². The molecule has 0 saturated heterocycles. The van der Waals surface area contributed by atoms with Gasteiger partial charge in [-0.3, -0.25) is 0 Å². The minimum Gasteiger partial charge on any atom is -0.454 e. The van der Waals surface area contributed by atoms with E-state index in [0.717, 1.165) is 93.6 Å². The van der Waals surface area contributed by atoms with Gasteiger partial charge in [-0.25, -0.2) is 15.0 Å². The molecule has 0 aliphatic rings. The van der Waals surface area contributed by atoms with Gasteiger partial charge >= 0.3 is 0 Å². The van der Waals surface area contributed by atoms with Crippen molar-refractivity contribution in [3.05, 3.63) is 212 Å². The van der Waals surface area contributed by atoms with Gasteiger partial charge in [0.1, 0.15) is 5.58 Å². The van der Waals surface area contributed by atoms with E-state index in [1.54, 1.807) is 0 Å². The van der Waals surface area contributed by atoms with Crippen LogP contribution >= 0.6 is 0 Å². The van der Waals surface area contributed by atoms with Gasteiger partial charge in [-0.15, -0.1) is 0 Å². The SMILES string of the molecule is c1ccc(-n2c3ccccc3c3cccc(-c4nc(-c5cc(-n6c7ccccc7c7cc8ccccc8cc76)c6oc7ccccc7c6c5)nc(-c5cccc6ccccc56)n4)c32)cc1. The molecule has 6 heteroatoms. The Labute approximate surface area is 371 Å². The fourth-order valence-electron chi connectivity index (χ4n) is 10.2. The second kappa shape index (κ2) is 13.8. The van der Waals surface area contributed by atoms with Crippen LogP contribution in [0.2, 0.25) is 0 Å². The van der Waals surface area contributed by atoms with E-state index in [4.69, 9.17) is 19.4 Å². The number of furan rings is 1. The summed E-state index contributed by atoms with van der Waals surface area (Å²) in [5, 5.41) is 11.2. The van der Waals surface area contributed by atoms with Gasteiger partial charge in [0.05, 0.1) is 27.8 Å². The summed E-state index contributed by atoms with van der Waals surface area (Å²) >= 11 is 0. The zero-order chi connectivity index (χ0) is 42.6. The minimum absolute atomic E-state index is 0.567. The highest BCUT2D eigenvalue weighted by atomic mass is 16.3. The summed E-state index contributed by atoms with van der Waals surface area (Å²) in [6.45, 7) is 0. The lowest BCUT2D eigenvalue weighted by atomic mass is 10.0. The number of rotatable bonds is 5. The molecule has 0 spiro atoms. The fourth-order valence-corrected chi connectivity index (χ4v) is 10.2. The van der Waals surface area contributed by atoms with Crippen LogP contribution in [0.4, 0.5) is 0 Å². The monoisotopic (exact) mass is 829 g/mol. The van der Waals surface area contributed by atoms with Gasteiger partial charge in [0.2, 0.25) is 0 Å². The van der Waals surface area contributed by atoms with E-state index in [0.29, 0.717) is 17.5 Å². The molecule has 0 aliphatic carbocycles. The van der Waals surface area contributed by atoms with Crippen molar-refractivity contribution in [3.63, 3.8) is 0 Å². The molecule has 0 bridgehead atoms. The van der Waals surface area contributed by atoms with Crippen molar-refractivity contribution in [2.45, 2.75) is 0 Å². The van der Waals surface area contributed by atoms with Gasteiger partial charge in [-0.05, 0) is 82.2 Å². The van der Waals surface area contributed by atoms with Crippen molar-refractivity contribution in [1.29, 1.82) is 0 Å². The molecule has 302 valence electrons. The molecule has 6 nitrogen and oxygen atoms in total. The van der Waals surface area contributed by atoms with Crippen LogP contribution in [-0.2, 0) is 0 Å². The molecule has 65 heavy (non-hydrogen) atoms. The Hall–Kier alpha value is -8.87. The van der Waals surface area contributed by atoms with Crippen LogP contribution in [0.1, 0.15) is 0 Å². The molecule has 4 aromatic heterocycles. The van der Waals surface area contributed by atoms with Crippen molar-refractivity contribution >= 4 is 87.1 Å². The molecule has 0 unspecified atom stereocenters. The average molecular weight is 830 g/mol. The third kappa shape index (κ3) is 5.38. The lowest BCUT2D eigenvalue weighted by Crippen LogP contribution is -2.03. The molecule has 14 rings (SSSR count). The predicted octanol–water partition coefficient (Wildman–Crippen LogP) is 15.3. The molecule has 0 fully saturated rings. The molecule has 0 saturated carbocycles. The number of aromatic nitrogens is 5. The Morgan fingerprint density at radius 2 is 0.908 bits per heavy atom. The van der Waals surface area contributed by atoms with Crippen LogP contribution < -0.4 is 0 Å². The lowest BCUT2D eigenvalue weighted by molar-refractivity contribution is 0.666. The Bertz CT molecular complexity index is 4250. The Morgan fingerprint density at radius 1 is 0.338 bits per heavy atom. The number of nitrogens with zero attached hydrogens (tertiary/aromatic N) is 5. The average Bonchev–Trinajstić information content (AvgIpc) is 4.03. The molecule has 10 aromatic carbocycles. The van der Waals surface area contributed by atoms with E-state index in [1.807, 2.05) is 12.1 Å². The minimum atomic E-state index is 0.567.